The van der Waals surface area contributed by atoms with Crippen LogP contribution < -0.4 is 0 Å². The van der Waals surface area contributed by atoms with Crippen molar-refractivity contribution in [3.05, 3.63) is 28.7 Å². The maximum absolute atomic E-state index is 9.33. The Morgan fingerprint density at radius 2 is 2.60 bits per heavy atom. The Kier molecular flexibility index (Phi) is 2.19. The van der Waals surface area contributed by atoms with Crippen LogP contribution >= 0.6 is 11.3 Å². The first-order chi connectivity index (χ1) is 4.72. The van der Waals surface area contributed by atoms with Gasteiger partial charge in [0.05, 0.1) is 11.2 Å². The quantitative estimate of drug-likeness (QED) is 0.660. The zero-order chi connectivity index (χ0) is 7.56. The standard InChI is InChI=1S/C7H9NOS/c1-5(2)7(9)6-3-10-4-8-6/h3-4,7,9H,1H2,2H3. The van der Waals surface area contributed by atoms with Gasteiger partial charge in [-0.25, -0.2) is 4.98 Å². The van der Waals surface area contributed by atoms with Crippen LogP contribution in [0.25, 0.3) is 0 Å². The van der Waals surface area contributed by atoms with Crippen molar-refractivity contribution < 1.29 is 5.11 Å². The van der Waals surface area contributed by atoms with E-state index >= 15 is 0 Å². The number of aromatic nitrogens is 1. The first kappa shape index (κ1) is 7.44. The van der Waals surface area contributed by atoms with Crippen molar-refractivity contribution in [1.82, 2.24) is 4.98 Å². The minimum atomic E-state index is -0.591. The second kappa shape index (κ2) is 2.94. The fourth-order valence-corrected chi connectivity index (χ4v) is 1.18. The fraction of sp³-hybridized carbons (Fsp3) is 0.286. The van der Waals surface area contributed by atoms with E-state index in [0.717, 1.165) is 5.57 Å². The van der Waals surface area contributed by atoms with Gasteiger partial charge in [0, 0.05) is 5.38 Å². The smallest absolute Gasteiger partial charge is 0.117 e. The van der Waals surface area contributed by atoms with Gasteiger partial charge in [0.25, 0.3) is 0 Å². The molecule has 1 atom stereocenters. The lowest BCUT2D eigenvalue weighted by Crippen LogP contribution is -1.97. The summed E-state index contributed by atoms with van der Waals surface area (Å²) in [5.74, 6) is 0. The number of aliphatic hydroxyl groups excluding tert-OH is 1. The highest BCUT2D eigenvalue weighted by Gasteiger charge is 2.08. The number of rotatable bonds is 2. The number of hydrogen-bond acceptors (Lipinski definition) is 3. The monoisotopic (exact) mass is 155 g/mol. The van der Waals surface area contributed by atoms with Crippen LogP contribution in [0.4, 0.5) is 0 Å². The number of thiazole rings is 1. The van der Waals surface area contributed by atoms with Gasteiger partial charge in [0.15, 0.2) is 0 Å². The zero-order valence-corrected chi connectivity index (χ0v) is 6.56. The number of aliphatic hydroxyl groups is 1. The van der Waals surface area contributed by atoms with Gasteiger partial charge in [-0.2, -0.15) is 0 Å². The molecular weight excluding hydrogens is 146 g/mol. The minimum Gasteiger partial charge on any atom is -0.382 e. The highest BCUT2D eigenvalue weighted by Crippen LogP contribution is 2.18. The predicted molar refractivity (Wildman–Crippen MR) is 41.9 cm³/mol. The van der Waals surface area contributed by atoms with Gasteiger partial charge in [-0.15, -0.1) is 11.3 Å². The molecule has 2 nitrogen and oxygen atoms in total. The van der Waals surface area contributed by atoms with E-state index in [1.165, 1.54) is 11.3 Å². The van der Waals surface area contributed by atoms with Gasteiger partial charge in [-0.1, -0.05) is 6.58 Å². The van der Waals surface area contributed by atoms with Gasteiger partial charge < -0.3 is 5.11 Å². The molecule has 0 amide bonds. The van der Waals surface area contributed by atoms with Crippen LogP contribution in [-0.4, -0.2) is 10.1 Å². The van der Waals surface area contributed by atoms with E-state index in [0.29, 0.717) is 5.69 Å². The lowest BCUT2D eigenvalue weighted by Gasteiger charge is -2.04. The van der Waals surface area contributed by atoms with E-state index < -0.39 is 6.10 Å². The molecule has 0 spiro atoms. The summed E-state index contributed by atoms with van der Waals surface area (Å²) in [6.07, 6.45) is -0.591. The molecule has 0 aliphatic rings. The van der Waals surface area contributed by atoms with Crippen LogP contribution in [0.1, 0.15) is 18.7 Å². The zero-order valence-electron chi connectivity index (χ0n) is 5.74. The predicted octanol–water partition coefficient (Wildman–Crippen LogP) is 1.75. The summed E-state index contributed by atoms with van der Waals surface area (Å²) in [6.45, 7) is 5.41. The summed E-state index contributed by atoms with van der Waals surface area (Å²) < 4.78 is 0. The molecular formula is C7H9NOS. The lowest BCUT2D eigenvalue weighted by molar-refractivity contribution is 0.212. The lowest BCUT2D eigenvalue weighted by atomic mass is 10.1. The van der Waals surface area contributed by atoms with Crippen molar-refractivity contribution in [2.24, 2.45) is 0 Å². The van der Waals surface area contributed by atoms with Crippen molar-refractivity contribution in [1.29, 1.82) is 0 Å². The van der Waals surface area contributed by atoms with Crippen molar-refractivity contribution >= 4 is 11.3 Å². The van der Waals surface area contributed by atoms with Crippen molar-refractivity contribution in [2.45, 2.75) is 13.0 Å². The van der Waals surface area contributed by atoms with Gasteiger partial charge in [0.2, 0.25) is 0 Å². The Bertz CT molecular complexity index is 218. The van der Waals surface area contributed by atoms with E-state index in [1.807, 2.05) is 5.38 Å². The Morgan fingerprint density at radius 3 is 3.00 bits per heavy atom. The Morgan fingerprint density at radius 1 is 1.90 bits per heavy atom. The van der Waals surface area contributed by atoms with Crippen molar-refractivity contribution in [3.63, 3.8) is 0 Å². The molecule has 0 aliphatic heterocycles. The van der Waals surface area contributed by atoms with Gasteiger partial charge in [-0.05, 0) is 12.5 Å². The second-order valence-corrected chi connectivity index (χ2v) is 2.88. The van der Waals surface area contributed by atoms with Crippen LogP contribution in [0, 0.1) is 0 Å². The Hall–Kier alpha value is -0.670. The molecule has 10 heavy (non-hydrogen) atoms. The third-order valence-corrected chi connectivity index (χ3v) is 1.80. The van der Waals surface area contributed by atoms with Crippen LogP contribution in [0.2, 0.25) is 0 Å². The average Bonchev–Trinajstić information content (AvgIpc) is 2.36. The fourth-order valence-electron chi connectivity index (χ4n) is 0.609. The van der Waals surface area contributed by atoms with Crippen molar-refractivity contribution in [2.75, 3.05) is 0 Å². The minimum absolute atomic E-state index is 0.591. The molecule has 0 fully saturated rings. The summed E-state index contributed by atoms with van der Waals surface area (Å²) in [5.41, 5.74) is 3.12. The van der Waals surface area contributed by atoms with Gasteiger partial charge in [-0.3, -0.25) is 0 Å². The second-order valence-electron chi connectivity index (χ2n) is 2.16. The van der Waals surface area contributed by atoms with Gasteiger partial charge in [0.1, 0.15) is 6.10 Å². The molecule has 0 bridgehead atoms. The van der Waals surface area contributed by atoms with E-state index in [-0.39, 0.29) is 0 Å². The third-order valence-electron chi connectivity index (χ3n) is 1.20. The summed E-state index contributed by atoms with van der Waals surface area (Å²) >= 11 is 1.47. The maximum Gasteiger partial charge on any atom is 0.117 e. The van der Waals surface area contributed by atoms with E-state index in [2.05, 4.69) is 11.6 Å². The molecule has 0 saturated carbocycles. The maximum atomic E-state index is 9.33. The highest BCUT2D eigenvalue weighted by molar-refractivity contribution is 7.07. The Balaban J connectivity index is 2.77. The van der Waals surface area contributed by atoms with Crippen LogP contribution in [0.15, 0.2) is 23.0 Å². The molecule has 1 rings (SSSR count). The highest BCUT2D eigenvalue weighted by atomic mass is 32.1. The Labute approximate surface area is 63.9 Å². The molecule has 1 aromatic rings. The van der Waals surface area contributed by atoms with E-state index in [4.69, 9.17) is 0 Å². The molecule has 0 aromatic carbocycles. The van der Waals surface area contributed by atoms with E-state index in [9.17, 15) is 5.11 Å². The summed E-state index contributed by atoms with van der Waals surface area (Å²) in [7, 11) is 0. The van der Waals surface area contributed by atoms with Crippen LogP contribution in [-0.2, 0) is 0 Å². The topological polar surface area (TPSA) is 33.1 Å². The molecule has 1 heterocycles. The van der Waals surface area contributed by atoms with Gasteiger partial charge >= 0.3 is 0 Å². The molecule has 0 aliphatic carbocycles. The summed E-state index contributed by atoms with van der Waals surface area (Å²) in [4.78, 5) is 3.95. The normalized spacial score (nSPS) is 13.0. The molecule has 54 valence electrons. The molecule has 3 heteroatoms. The first-order valence-electron chi connectivity index (χ1n) is 2.93. The molecule has 1 N–H and O–H groups in total. The summed E-state index contributed by atoms with van der Waals surface area (Å²) in [6, 6.07) is 0. The SMILES string of the molecule is C=C(C)C(O)c1cscn1. The molecule has 0 radical (unpaired) electrons. The third kappa shape index (κ3) is 1.43. The largest absolute Gasteiger partial charge is 0.382 e. The molecule has 0 saturated heterocycles. The number of nitrogens with zero attached hydrogens (tertiary/aromatic N) is 1. The molecule has 1 aromatic heterocycles. The van der Waals surface area contributed by atoms with E-state index in [1.54, 1.807) is 12.4 Å². The van der Waals surface area contributed by atoms with Crippen LogP contribution in [0.3, 0.4) is 0 Å². The van der Waals surface area contributed by atoms with Crippen molar-refractivity contribution in [3.8, 4) is 0 Å². The van der Waals surface area contributed by atoms with Crippen LogP contribution in [0.5, 0.6) is 0 Å². The number of hydrogen-bond donors (Lipinski definition) is 1. The molecule has 1 unspecified atom stereocenters. The average molecular weight is 155 g/mol. The summed E-state index contributed by atoms with van der Waals surface area (Å²) in [5, 5.41) is 11.2. The first-order valence-corrected chi connectivity index (χ1v) is 3.87.